The zero-order valence-corrected chi connectivity index (χ0v) is 9.72. The fourth-order valence-corrected chi connectivity index (χ4v) is 1.34. The summed E-state index contributed by atoms with van der Waals surface area (Å²) in [7, 11) is 0. The number of rotatable bonds is 5. The molecule has 1 amide bonds. The maximum Gasteiger partial charge on any atom is 0.258 e. The Morgan fingerprint density at radius 2 is 2.17 bits per heavy atom. The maximum absolute atomic E-state index is 11.5. The molecule has 0 fully saturated rings. The van der Waals surface area contributed by atoms with Gasteiger partial charge in [-0.05, 0) is 24.3 Å². The van der Waals surface area contributed by atoms with Crippen molar-refractivity contribution in [1.29, 1.82) is 0 Å². The zero-order chi connectivity index (χ0) is 12.8. The molecule has 2 aromatic rings. The molecular weight excluding hydrogens is 232 g/mol. The average Bonchev–Trinajstić information content (AvgIpc) is 2.89. The van der Waals surface area contributed by atoms with Crippen molar-refractivity contribution in [2.24, 2.45) is 0 Å². The number of aromatic nitrogens is 2. The second kappa shape index (κ2) is 5.72. The van der Waals surface area contributed by atoms with Crippen molar-refractivity contribution < 1.29 is 9.53 Å². The first-order valence-corrected chi connectivity index (χ1v) is 5.47. The highest BCUT2D eigenvalue weighted by Crippen LogP contribution is 2.12. The van der Waals surface area contributed by atoms with Gasteiger partial charge < -0.3 is 20.8 Å². The van der Waals surface area contributed by atoms with E-state index in [9.17, 15) is 4.79 Å². The number of carbonyl (C=O) groups is 1. The van der Waals surface area contributed by atoms with Crippen LogP contribution in [0.3, 0.4) is 0 Å². The summed E-state index contributed by atoms with van der Waals surface area (Å²) < 4.78 is 5.29. The molecule has 0 radical (unpaired) electrons. The Bertz CT molecular complexity index is 493. The largest absolute Gasteiger partial charge is 0.484 e. The molecule has 0 aliphatic carbocycles. The number of ether oxygens (including phenoxy) is 1. The van der Waals surface area contributed by atoms with Crippen LogP contribution in [-0.2, 0) is 11.3 Å². The highest BCUT2D eigenvalue weighted by Gasteiger charge is 2.03. The third-order valence-electron chi connectivity index (χ3n) is 2.26. The lowest BCUT2D eigenvalue weighted by Gasteiger charge is -2.06. The molecule has 0 spiro atoms. The molecule has 0 bridgehead atoms. The van der Waals surface area contributed by atoms with Gasteiger partial charge in [0.15, 0.2) is 6.61 Å². The predicted molar refractivity (Wildman–Crippen MR) is 66.8 cm³/mol. The van der Waals surface area contributed by atoms with E-state index in [4.69, 9.17) is 10.5 Å². The van der Waals surface area contributed by atoms with Gasteiger partial charge in [-0.3, -0.25) is 4.79 Å². The molecular formula is C12H14N4O2. The van der Waals surface area contributed by atoms with Crippen LogP contribution in [-0.4, -0.2) is 22.5 Å². The number of hydrogen-bond donors (Lipinski definition) is 3. The van der Waals surface area contributed by atoms with Crippen molar-refractivity contribution in [1.82, 2.24) is 15.3 Å². The minimum absolute atomic E-state index is 0.0371. The van der Waals surface area contributed by atoms with Gasteiger partial charge in [0.2, 0.25) is 0 Å². The third kappa shape index (κ3) is 3.51. The van der Waals surface area contributed by atoms with Crippen molar-refractivity contribution in [2.75, 3.05) is 12.3 Å². The van der Waals surface area contributed by atoms with Gasteiger partial charge in [-0.25, -0.2) is 4.98 Å². The Morgan fingerprint density at radius 1 is 1.39 bits per heavy atom. The monoisotopic (exact) mass is 246 g/mol. The predicted octanol–water partition coefficient (Wildman–Crippen LogP) is 0.687. The summed E-state index contributed by atoms with van der Waals surface area (Å²) in [5, 5.41) is 2.68. The van der Waals surface area contributed by atoms with E-state index in [-0.39, 0.29) is 12.5 Å². The van der Waals surface area contributed by atoms with Crippen LogP contribution in [0.25, 0.3) is 0 Å². The minimum Gasteiger partial charge on any atom is -0.484 e. The number of anilines is 1. The molecule has 0 aliphatic heterocycles. The van der Waals surface area contributed by atoms with Crippen LogP contribution >= 0.6 is 0 Å². The van der Waals surface area contributed by atoms with E-state index in [1.54, 1.807) is 36.7 Å². The molecule has 4 N–H and O–H groups in total. The first kappa shape index (κ1) is 12.0. The lowest BCUT2D eigenvalue weighted by atomic mass is 10.3. The molecule has 1 aromatic heterocycles. The molecule has 1 aromatic carbocycles. The summed E-state index contributed by atoms with van der Waals surface area (Å²) in [4.78, 5) is 18.4. The summed E-state index contributed by atoms with van der Waals surface area (Å²) >= 11 is 0. The summed E-state index contributed by atoms with van der Waals surface area (Å²) in [5.41, 5.74) is 6.20. The van der Waals surface area contributed by atoms with Crippen LogP contribution in [0.15, 0.2) is 36.7 Å². The minimum atomic E-state index is -0.205. The molecule has 2 rings (SSSR count). The summed E-state index contributed by atoms with van der Waals surface area (Å²) in [6, 6.07) is 6.87. The Balaban J connectivity index is 1.73. The van der Waals surface area contributed by atoms with Gasteiger partial charge in [0.05, 0.1) is 6.54 Å². The van der Waals surface area contributed by atoms with E-state index in [2.05, 4.69) is 15.3 Å². The normalized spacial score (nSPS) is 10.0. The number of nitrogen functional groups attached to an aromatic ring is 1. The Hall–Kier alpha value is -2.50. The van der Waals surface area contributed by atoms with E-state index in [1.807, 2.05) is 0 Å². The Kier molecular flexibility index (Phi) is 3.80. The first-order valence-electron chi connectivity index (χ1n) is 5.47. The van der Waals surface area contributed by atoms with Crippen molar-refractivity contribution in [2.45, 2.75) is 6.54 Å². The maximum atomic E-state index is 11.5. The summed E-state index contributed by atoms with van der Waals surface area (Å²) in [5.74, 6) is 1.11. The second-order valence-electron chi connectivity index (χ2n) is 3.67. The van der Waals surface area contributed by atoms with Crippen molar-refractivity contribution in [3.63, 3.8) is 0 Å². The van der Waals surface area contributed by atoms with Crippen LogP contribution in [0.5, 0.6) is 5.75 Å². The van der Waals surface area contributed by atoms with E-state index in [0.717, 1.165) is 0 Å². The quantitative estimate of drug-likeness (QED) is 0.676. The number of carbonyl (C=O) groups excluding carboxylic acids is 1. The smallest absolute Gasteiger partial charge is 0.258 e. The van der Waals surface area contributed by atoms with Gasteiger partial charge in [0.25, 0.3) is 5.91 Å². The standard InChI is InChI=1S/C12H14N4O2/c13-9-1-3-10(4-2-9)18-8-12(17)16-7-11-14-5-6-15-11/h1-6H,7-8,13H2,(H,14,15)(H,16,17). The fraction of sp³-hybridized carbons (Fsp3) is 0.167. The molecule has 0 aliphatic rings. The molecule has 0 saturated carbocycles. The lowest BCUT2D eigenvalue weighted by Crippen LogP contribution is -2.28. The molecule has 6 heteroatoms. The number of nitrogens with one attached hydrogen (secondary N) is 2. The number of H-pyrrole nitrogens is 1. The summed E-state index contributed by atoms with van der Waals surface area (Å²) in [6.45, 7) is 0.321. The number of aromatic amines is 1. The highest BCUT2D eigenvalue weighted by molar-refractivity contribution is 5.77. The summed E-state index contributed by atoms with van der Waals surface area (Å²) in [6.07, 6.45) is 3.33. The number of hydrogen-bond acceptors (Lipinski definition) is 4. The van der Waals surface area contributed by atoms with E-state index >= 15 is 0 Å². The first-order chi connectivity index (χ1) is 8.74. The molecule has 94 valence electrons. The molecule has 0 unspecified atom stereocenters. The van der Waals surface area contributed by atoms with Gasteiger partial charge >= 0.3 is 0 Å². The van der Waals surface area contributed by atoms with Crippen LogP contribution < -0.4 is 15.8 Å². The number of benzene rings is 1. The van der Waals surface area contributed by atoms with Gasteiger partial charge in [-0.1, -0.05) is 0 Å². The molecule has 1 heterocycles. The van der Waals surface area contributed by atoms with E-state index in [1.165, 1.54) is 0 Å². The van der Waals surface area contributed by atoms with Crippen LogP contribution in [0.4, 0.5) is 5.69 Å². The van der Waals surface area contributed by atoms with E-state index in [0.29, 0.717) is 23.8 Å². The lowest BCUT2D eigenvalue weighted by molar-refractivity contribution is -0.123. The number of amides is 1. The third-order valence-corrected chi connectivity index (χ3v) is 2.26. The van der Waals surface area contributed by atoms with Gasteiger partial charge in [0, 0.05) is 18.1 Å². The zero-order valence-electron chi connectivity index (χ0n) is 9.72. The fourth-order valence-electron chi connectivity index (χ4n) is 1.34. The Labute approximate surface area is 104 Å². The number of imidazole rings is 1. The van der Waals surface area contributed by atoms with E-state index < -0.39 is 0 Å². The number of nitrogens with two attached hydrogens (primary N) is 1. The molecule has 0 saturated heterocycles. The molecule has 6 nitrogen and oxygen atoms in total. The van der Waals surface area contributed by atoms with Crippen molar-refractivity contribution in [3.8, 4) is 5.75 Å². The number of nitrogens with zero attached hydrogens (tertiary/aromatic N) is 1. The van der Waals surface area contributed by atoms with Crippen LogP contribution in [0.1, 0.15) is 5.82 Å². The topological polar surface area (TPSA) is 93.0 Å². The van der Waals surface area contributed by atoms with Crippen LogP contribution in [0.2, 0.25) is 0 Å². The average molecular weight is 246 g/mol. The molecule has 18 heavy (non-hydrogen) atoms. The van der Waals surface area contributed by atoms with Crippen molar-refractivity contribution in [3.05, 3.63) is 42.5 Å². The van der Waals surface area contributed by atoms with Gasteiger partial charge in [0.1, 0.15) is 11.6 Å². The van der Waals surface area contributed by atoms with Gasteiger partial charge in [-0.2, -0.15) is 0 Å². The SMILES string of the molecule is Nc1ccc(OCC(=O)NCc2ncc[nH]2)cc1. The highest BCUT2D eigenvalue weighted by atomic mass is 16.5. The van der Waals surface area contributed by atoms with Gasteiger partial charge in [-0.15, -0.1) is 0 Å². The Morgan fingerprint density at radius 3 is 2.83 bits per heavy atom. The molecule has 0 atom stereocenters. The van der Waals surface area contributed by atoms with Crippen LogP contribution in [0, 0.1) is 0 Å². The second-order valence-corrected chi connectivity index (χ2v) is 3.67. The van der Waals surface area contributed by atoms with Crippen molar-refractivity contribution >= 4 is 11.6 Å².